The largest absolute Gasteiger partial charge is 0.497 e. The minimum absolute atomic E-state index is 0.235. The quantitative estimate of drug-likeness (QED) is 0.423. The van der Waals surface area contributed by atoms with Crippen LogP contribution in [-0.4, -0.2) is 28.4 Å². The van der Waals surface area contributed by atoms with Crippen LogP contribution in [0.3, 0.4) is 0 Å². The minimum atomic E-state index is -3.52. The van der Waals surface area contributed by atoms with Gasteiger partial charge in [-0.1, -0.05) is 12.1 Å². The van der Waals surface area contributed by atoms with Gasteiger partial charge in [0.25, 0.3) is 10.1 Å². The van der Waals surface area contributed by atoms with E-state index in [0.29, 0.717) is 6.42 Å². The van der Waals surface area contributed by atoms with E-state index in [1.165, 1.54) is 0 Å². The maximum Gasteiger partial charge on any atom is 0.290 e. The molecule has 0 aliphatic rings. The lowest BCUT2D eigenvalue weighted by Gasteiger charge is -2.03. The molecule has 0 atom stereocenters. The van der Waals surface area contributed by atoms with Crippen molar-refractivity contribution in [3.8, 4) is 5.75 Å². The van der Waals surface area contributed by atoms with Crippen LogP contribution in [0.25, 0.3) is 0 Å². The van der Waals surface area contributed by atoms with Gasteiger partial charge in [0.2, 0.25) is 0 Å². The van der Waals surface area contributed by atoms with Crippen LogP contribution >= 0.6 is 0 Å². The maximum atomic E-state index is 10.6. The molecule has 96 valence electrons. The first-order valence-corrected chi connectivity index (χ1v) is 6.97. The van der Waals surface area contributed by atoms with Gasteiger partial charge in [-0.2, -0.15) is 8.42 Å². The van der Waals surface area contributed by atoms with Crippen LogP contribution in [0.15, 0.2) is 24.3 Å². The molecule has 0 aliphatic heterocycles. The summed E-state index contributed by atoms with van der Waals surface area (Å²) >= 11 is 0. The molecule has 0 saturated carbocycles. The zero-order chi connectivity index (χ0) is 12.7. The Morgan fingerprint density at radius 3 is 2.35 bits per heavy atom. The number of ether oxygens (including phenoxy) is 1. The van der Waals surface area contributed by atoms with Gasteiger partial charge < -0.3 is 4.74 Å². The molecule has 0 aromatic heterocycles. The lowest BCUT2D eigenvalue weighted by atomic mass is 10.1. The SMILES string of the molecule is COc1ccc(CCCOOS(C)(=O)=O)cc1. The van der Waals surface area contributed by atoms with Crippen LogP contribution in [-0.2, 0) is 25.8 Å². The highest BCUT2D eigenvalue weighted by Crippen LogP contribution is 2.12. The van der Waals surface area contributed by atoms with Gasteiger partial charge >= 0.3 is 0 Å². The van der Waals surface area contributed by atoms with Crippen molar-refractivity contribution in [2.45, 2.75) is 12.8 Å². The molecule has 0 bridgehead atoms. The Bertz CT molecular complexity index is 424. The summed E-state index contributed by atoms with van der Waals surface area (Å²) < 4.78 is 30.3. The third kappa shape index (κ3) is 6.25. The van der Waals surface area contributed by atoms with E-state index in [0.717, 1.165) is 24.0 Å². The van der Waals surface area contributed by atoms with Crippen molar-refractivity contribution >= 4 is 10.1 Å². The van der Waals surface area contributed by atoms with Crippen LogP contribution in [0, 0.1) is 0 Å². The molecular formula is C11H16O5S. The summed E-state index contributed by atoms with van der Waals surface area (Å²) in [6, 6.07) is 7.67. The molecule has 0 heterocycles. The van der Waals surface area contributed by atoms with Crippen molar-refractivity contribution in [2.75, 3.05) is 20.0 Å². The summed E-state index contributed by atoms with van der Waals surface area (Å²) in [6.45, 7) is 0.235. The van der Waals surface area contributed by atoms with Crippen molar-refractivity contribution in [2.24, 2.45) is 0 Å². The third-order valence-corrected chi connectivity index (χ3v) is 2.37. The van der Waals surface area contributed by atoms with Crippen LogP contribution in [0.2, 0.25) is 0 Å². The van der Waals surface area contributed by atoms with Gasteiger partial charge in [0.05, 0.1) is 20.0 Å². The molecule has 0 amide bonds. The van der Waals surface area contributed by atoms with Gasteiger partial charge in [0.1, 0.15) is 5.75 Å². The highest BCUT2D eigenvalue weighted by molar-refractivity contribution is 7.85. The van der Waals surface area contributed by atoms with Gasteiger partial charge in [-0.3, -0.25) is 0 Å². The first-order valence-electron chi connectivity index (χ1n) is 5.15. The normalized spacial score (nSPS) is 11.4. The van der Waals surface area contributed by atoms with Crippen molar-refractivity contribution in [1.29, 1.82) is 0 Å². The van der Waals surface area contributed by atoms with E-state index in [-0.39, 0.29) is 6.61 Å². The lowest BCUT2D eigenvalue weighted by molar-refractivity contribution is -0.201. The molecule has 0 spiro atoms. The lowest BCUT2D eigenvalue weighted by Crippen LogP contribution is -2.05. The van der Waals surface area contributed by atoms with Gasteiger partial charge in [-0.15, -0.1) is 4.33 Å². The second kappa shape index (κ2) is 6.58. The molecule has 1 rings (SSSR count). The molecule has 1 aromatic carbocycles. The molecular weight excluding hydrogens is 244 g/mol. The monoisotopic (exact) mass is 260 g/mol. The van der Waals surface area contributed by atoms with Crippen LogP contribution in [0.1, 0.15) is 12.0 Å². The molecule has 0 saturated heterocycles. The highest BCUT2D eigenvalue weighted by Gasteiger charge is 2.02. The topological polar surface area (TPSA) is 61.8 Å². The fraction of sp³-hybridized carbons (Fsp3) is 0.455. The number of hydrogen-bond acceptors (Lipinski definition) is 5. The molecule has 0 fully saturated rings. The van der Waals surface area contributed by atoms with E-state index in [9.17, 15) is 8.42 Å². The number of methoxy groups -OCH3 is 1. The first-order chi connectivity index (χ1) is 8.01. The Morgan fingerprint density at radius 2 is 1.82 bits per heavy atom. The van der Waals surface area contributed by atoms with E-state index in [1.54, 1.807) is 7.11 Å². The first kappa shape index (κ1) is 14.0. The van der Waals surface area contributed by atoms with E-state index in [1.807, 2.05) is 24.3 Å². The maximum absolute atomic E-state index is 10.6. The molecule has 1 aromatic rings. The Kier molecular flexibility index (Phi) is 5.40. The molecule has 17 heavy (non-hydrogen) atoms. The van der Waals surface area contributed by atoms with Gasteiger partial charge in [-0.25, -0.2) is 4.89 Å². The third-order valence-electron chi connectivity index (χ3n) is 2.02. The Labute approximate surface area is 101 Å². The number of aryl methyl sites for hydroxylation is 1. The summed E-state index contributed by atoms with van der Waals surface area (Å²) in [5.41, 5.74) is 1.13. The smallest absolute Gasteiger partial charge is 0.290 e. The van der Waals surface area contributed by atoms with E-state index < -0.39 is 10.1 Å². The van der Waals surface area contributed by atoms with Crippen molar-refractivity contribution in [3.63, 3.8) is 0 Å². The summed E-state index contributed by atoms with van der Waals surface area (Å²) in [7, 11) is -1.90. The predicted molar refractivity (Wildman–Crippen MR) is 63.2 cm³/mol. The number of rotatable bonds is 7. The van der Waals surface area contributed by atoms with Crippen molar-refractivity contribution in [1.82, 2.24) is 0 Å². The van der Waals surface area contributed by atoms with Gasteiger partial charge in [-0.05, 0) is 30.5 Å². The van der Waals surface area contributed by atoms with E-state index >= 15 is 0 Å². The summed E-state index contributed by atoms with van der Waals surface area (Å²) in [5.74, 6) is 0.811. The van der Waals surface area contributed by atoms with Crippen LogP contribution in [0.5, 0.6) is 5.75 Å². The van der Waals surface area contributed by atoms with Crippen molar-refractivity contribution < 1.29 is 22.4 Å². The zero-order valence-electron chi connectivity index (χ0n) is 9.88. The van der Waals surface area contributed by atoms with Gasteiger partial charge in [0, 0.05) is 0 Å². The number of benzene rings is 1. The van der Waals surface area contributed by atoms with Gasteiger partial charge in [0.15, 0.2) is 0 Å². The average Bonchev–Trinajstić information content (AvgIpc) is 2.28. The van der Waals surface area contributed by atoms with Crippen LogP contribution in [0.4, 0.5) is 0 Å². The summed E-state index contributed by atoms with van der Waals surface area (Å²) in [5, 5.41) is 0. The van der Waals surface area contributed by atoms with E-state index in [2.05, 4.69) is 9.22 Å². The fourth-order valence-corrected chi connectivity index (χ4v) is 1.49. The van der Waals surface area contributed by atoms with Crippen molar-refractivity contribution in [3.05, 3.63) is 29.8 Å². The molecule has 0 unspecified atom stereocenters. The second-order valence-electron chi connectivity index (χ2n) is 3.55. The summed E-state index contributed by atoms with van der Waals surface area (Å²) in [6.07, 6.45) is 2.41. The average molecular weight is 260 g/mol. The van der Waals surface area contributed by atoms with E-state index in [4.69, 9.17) is 4.74 Å². The Morgan fingerprint density at radius 1 is 1.18 bits per heavy atom. The Hall–Kier alpha value is -1.11. The number of hydrogen-bond donors (Lipinski definition) is 0. The molecule has 0 N–H and O–H groups in total. The minimum Gasteiger partial charge on any atom is -0.497 e. The molecule has 6 heteroatoms. The Balaban J connectivity index is 2.22. The zero-order valence-corrected chi connectivity index (χ0v) is 10.7. The standard InChI is InChI=1S/C11H16O5S/c1-14-11-7-5-10(6-8-11)4-3-9-15-16-17(2,12)13/h5-8H,3-4,9H2,1-2H3. The second-order valence-corrected chi connectivity index (χ2v) is 5.09. The predicted octanol–water partition coefficient (Wildman–Crippen LogP) is 1.54. The van der Waals surface area contributed by atoms with Crippen LogP contribution < -0.4 is 4.74 Å². The molecule has 0 aliphatic carbocycles. The highest BCUT2D eigenvalue weighted by atomic mass is 32.2. The summed E-state index contributed by atoms with van der Waals surface area (Å²) in [4.78, 5) is 4.55. The molecule has 0 radical (unpaired) electrons. The fourth-order valence-electron chi connectivity index (χ4n) is 1.25. The molecule has 5 nitrogen and oxygen atoms in total.